The van der Waals surface area contributed by atoms with Crippen molar-refractivity contribution >= 4 is 50.2 Å². The molecular weight excluding hydrogens is 428 g/mol. The van der Waals surface area contributed by atoms with E-state index in [9.17, 15) is 14.4 Å². The number of ether oxygens (including phenoxy) is 1. The lowest BCUT2D eigenvalue weighted by Crippen LogP contribution is -2.27. The Bertz CT molecular complexity index is 1230. The fraction of sp³-hybridized carbons (Fsp3) is 0.100. The monoisotopic (exact) mass is 440 g/mol. The number of carbonyl (C=O) groups excluding carboxylic acids is 2. The Hall–Kier alpha value is -3.26. The van der Waals surface area contributed by atoms with Crippen LogP contribution in [0.15, 0.2) is 61.3 Å². The van der Waals surface area contributed by atoms with Crippen LogP contribution in [0.5, 0.6) is 5.75 Å². The molecule has 0 bridgehead atoms. The van der Waals surface area contributed by atoms with E-state index in [2.05, 4.69) is 21.0 Å². The summed E-state index contributed by atoms with van der Waals surface area (Å²) in [6.07, 6.45) is 0. The van der Waals surface area contributed by atoms with Gasteiger partial charge in [0.15, 0.2) is 5.58 Å². The molecule has 2 heterocycles. The van der Waals surface area contributed by atoms with Crippen LogP contribution in [0.1, 0.15) is 22.8 Å². The molecule has 0 unspecified atom stereocenters. The molecule has 0 saturated heterocycles. The fourth-order valence-electron chi connectivity index (χ4n) is 2.97. The van der Waals surface area contributed by atoms with Crippen LogP contribution in [0.4, 0.5) is 5.69 Å². The van der Waals surface area contributed by atoms with Gasteiger partial charge < -0.3 is 9.15 Å². The summed E-state index contributed by atoms with van der Waals surface area (Å²) in [6.45, 7) is 3.09. The van der Waals surface area contributed by atoms with Gasteiger partial charge in [0.1, 0.15) is 11.3 Å². The smallest absolute Gasteiger partial charge is 0.336 e. The van der Waals surface area contributed by atoms with E-state index in [1.807, 2.05) is 0 Å². The molecule has 1 aliphatic rings. The van der Waals surface area contributed by atoms with E-state index in [4.69, 9.17) is 9.15 Å². The highest BCUT2D eigenvalue weighted by molar-refractivity contribution is 9.10. The van der Waals surface area contributed by atoms with E-state index in [0.29, 0.717) is 16.6 Å². The first kappa shape index (κ1) is 18.1. The summed E-state index contributed by atoms with van der Waals surface area (Å²) in [5.41, 5.74) is 0.874. The Morgan fingerprint density at radius 3 is 2.50 bits per heavy atom. The summed E-state index contributed by atoms with van der Waals surface area (Å²) in [6, 6.07) is 11.5. The van der Waals surface area contributed by atoms with Crippen molar-refractivity contribution in [1.82, 2.24) is 0 Å². The second-order valence-electron chi connectivity index (χ2n) is 6.21. The number of halogens is 1. The number of benzene rings is 2. The number of aryl methyl sites for hydroxylation is 1. The second-order valence-corrected chi connectivity index (χ2v) is 7.12. The lowest BCUT2D eigenvalue weighted by atomic mass is 10.0. The van der Waals surface area contributed by atoms with Crippen LogP contribution in [0, 0.1) is 6.92 Å². The molecule has 4 rings (SSSR count). The zero-order chi connectivity index (χ0) is 20.0. The molecule has 3 aromatic rings. The number of rotatable bonds is 2. The molecule has 140 valence electrons. The number of hydrogen-bond acceptors (Lipinski definition) is 6. The van der Waals surface area contributed by atoms with Crippen LogP contribution < -0.4 is 15.4 Å². The molecule has 2 aromatic carbocycles. The first-order chi connectivity index (χ1) is 13.3. The Kier molecular flexibility index (Phi) is 4.35. The zero-order valence-corrected chi connectivity index (χ0v) is 16.4. The molecule has 28 heavy (non-hydrogen) atoms. The van der Waals surface area contributed by atoms with Crippen LogP contribution in [-0.2, 0) is 4.79 Å². The van der Waals surface area contributed by atoms with Gasteiger partial charge in [0.05, 0.1) is 5.69 Å². The summed E-state index contributed by atoms with van der Waals surface area (Å²) >= 11 is 3.33. The van der Waals surface area contributed by atoms with Crippen LogP contribution in [0.25, 0.3) is 11.0 Å². The number of hydrazone groups is 1. The van der Waals surface area contributed by atoms with Crippen molar-refractivity contribution in [2.75, 3.05) is 5.01 Å². The number of ketones is 1. The van der Waals surface area contributed by atoms with Gasteiger partial charge in [-0.05, 0) is 48.9 Å². The van der Waals surface area contributed by atoms with Gasteiger partial charge in [-0.2, -0.15) is 5.01 Å². The van der Waals surface area contributed by atoms with Gasteiger partial charge in [0, 0.05) is 22.8 Å². The van der Waals surface area contributed by atoms with Crippen LogP contribution >= 0.6 is 15.9 Å². The molecule has 1 aliphatic heterocycles. The Labute approximate surface area is 167 Å². The van der Waals surface area contributed by atoms with Gasteiger partial charge in [-0.3, -0.25) is 9.59 Å². The Morgan fingerprint density at radius 1 is 1.11 bits per heavy atom. The van der Waals surface area contributed by atoms with Crippen molar-refractivity contribution in [2.24, 2.45) is 5.10 Å². The summed E-state index contributed by atoms with van der Waals surface area (Å²) in [4.78, 5) is 36.8. The first-order valence-electron chi connectivity index (χ1n) is 8.30. The molecule has 1 aromatic heterocycles. The van der Waals surface area contributed by atoms with Crippen LogP contribution in [0.2, 0.25) is 0 Å². The molecule has 0 aliphatic carbocycles. The largest absolute Gasteiger partial charge is 0.434 e. The van der Waals surface area contributed by atoms with Crippen LogP contribution in [0.3, 0.4) is 0 Å². The maximum Gasteiger partial charge on any atom is 0.336 e. The van der Waals surface area contributed by atoms with Crippen molar-refractivity contribution < 1.29 is 18.7 Å². The van der Waals surface area contributed by atoms with E-state index in [1.165, 1.54) is 13.0 Å². The molecular formula is C20H13BrN2O5. The molecule has 0 atom stereocenters. The first-order valence-corrected chi connectivity index (χ1v) is 9.09. The standard InChI is InChI=1S/C20H13BrN2O5/c1-10-9-16(25)28-19-14(10)7-8-15-17(19)18(26)20(27-15)22-23(11(2)24)13-5-3-12(21)4-6-13/h3-9H,1-2H3. The van der Waals surface area contributed by atoms with Crippen molar-refractivity contribution in [2.45, 2.75) is 13.8 Å². The van der Waals surface area contributed by atoms with Gasteiger partial charge in [-0.15, -0.1) is 5.10 Å². The number of fused-ring (bicyclic) bond motifs is 3. The topological polar surface area (TPSA) is 89.2 Å². The normalized spacial score (nSPS) is 14.2. The van der Waals surface area contributed by atoms with Crippen molar-refractivity contribution in [1.29, 1.82) is 0 Å². The third-order valence-electron chi connectivity index (χ3n) is 4.27. The highest BCUT2D eigenvalue weighted by Crippen LogP contribution is 2.34. The van der Waals surface area contributed by atoms with Crippen molar-refractivity contribution in [3.05, 3.63) is 68.5 Å². The number of hydrogen-bond donors (Lipinski definition) is 0. The third kappa shape index (κ3) is 3.01. The van der Waals surface area contributed by atoms with E-state index in [0.717, 1.165) is 9.48 Å². The zero-order valence-electron chi connectivity index (χ0n) is 14.9. The summed E-state index contributed by atoms with van der Waals surface area (Å²) in [5, 5.41) is 5.83. The van der Waals surface area contributed by atoms with E-state index in [1.54, 1.807) is 43.3 Å². The molecule has 1 amide bonds. The number of amides is 1. The van der Waals surface area contributed by atoms with Gasteiger partial charge in [-0.1, -0.05) is 15.9 Å². The number of carbonyl (C=O) groups is 2. The molecule has 8 heteroatoms. The quantitative estimate of drug-likeness (QED) is 0.446. The molecule has 0 radical (unpaired) electrons. The molecule has 0 saturated carbocycles. The minimum Gasteiger partial charge on any atom is -0.434 e. The molecule has 0 spiro atoms. The lowest BCUT2D eigenvalue weighted by Gasteiger charge is -2.15. The SMILES string of the molecule is CC(=O)N(N=C1Oc2ccc3c(C)cc(=O)oc3c2C1=O)c1ccc(Br)cc1. The number of nitrogens with zero attached hydrogens (tertiary/aromatic N) is 2. The Morgan fingerprint density at radius 2 is 1.82 bits per heavy atom. The lowest BCUT2D eigenvalue weighted by molar-refractivity contribution is -0.116. The van der Waals surface area contributed by atoms with Gasteiger partial charge in [0.2, 0.25) is 5.91 Å². The van der Waals surface area contributed by atoms with E-state index >= 15 is 0 Å². The van der Waals surface area contributed by atoms with Gasteiger partial charge >= 0.3 is 5.63 Å². The molecule has 0 fully saturated rings. The highest BCUT2D eigenvalue weighted by Gasteiger charge is 2.34. The summed E-state index contributed by atoms with van der Waals surface area (Å²) in [7, 11) is 0. The molecule has 0 N–H and O–H groups in total. The van der Waals surface area contributed by atoms with E-state index in [-0.39, 0.29) is 22.8 Å². The average molecular weight is 441 g/mol. The van der Waals surface area contributed by atoms with E-state index < -0.39 is 17.3 Å². The third-order valence-corrected chi connectivity index (χ3v) is 4.80. The average Bonchev–Trinajstić information content (AvgIpc) is 2.96. The summed E-state index contributed by atoms with van der Waals surface area (Å²) < 4.78 is 11.7. The second kappa shape index (κ2) is 6.72. The number of Topliss-reactive ketones (excluding diaryl/α,β-unsaturated/α-hetero) is 1. The fourth-order valence-corrected chi connectivity index (χ4v) is 3.24. The minimum atomic E-state index is -0.559. The van der Waals surface area contributed by atoms with Crippen molar-refractivity contribution in [3.63, 3.8) is 0 Å². The molecule has 7 nitrogen and oxygen atoms in total. The van der Waals surface area contributed by atoms with Gasteiger partial charge in [-0.25, -0.2) is 4.79 Å². The predicted molar refractivity (Wildman–Crippen MR) is 107 cm³/mol. The number of anilines is 1. The maximum atomic E-state index is 12.9. The predicted octanol–water partition coefficient (Wildman–Crippen LogP) is 3.81. The maximum absolute atomic E-state index is 12.9. The van der Waals surface area contributed by atoms with Gasteiger partial charge in [0.25, 0.3) is 11.7 Å². The summed E-state index contributed by atoms with van der Waals surface area (Å²) in [5.74, 6) is -0.999. The van der Waals surface area contributed by atoms with Crippen LogP contribution in [-0.4, -0.2) is 17.6 Å². The van der Waals surface area contributed by atoms with Crippen molar-refractivity contribution in [3.8, 4) is 5.75 Å². The Balaban J connectivity index is 1.82. The minimum absolute atomic E-state index is 0.122. The highest BCUT2D eigenvalue weighted by atomic mass is 79.9.